The van der Waals surface area contributed by atoms with Crippen molar-refractivity contribution in [2.24, 2.45) is 11.7 Å². The molecule has 0 aromatic carbocycles. The molecule has 0 bridgehead atoms. The Kier molecular flexibility index (Phi) is 2.40. The molecule has 6 nitrogen and oxygen atoms in total. The number of carbonyl (C=O) groups excluding carboxylic acids is 1. The quantitative estimate of drug-likeness (QED) is 0.657. The Labute approximate surface area is 86.1 Å². The predicted octanol–water partition coefficient (Wildman–Crippen LogP) is -0.919. The lowest BCUT2D eigenvalue weighted by atomic mass is 10.1. The average molecular weight is 208 g/mol. The van der Waals surface area contributed by atoms with Gasteiger partial charge in [0.05, 0.1) is 5.92 Å². The Morgan fingerprint density at radius 2 is 2.47 bits per heavy atom. The molecule has 2 heterocycles. The Hall–Kier alpha value is -1.85. The van der Waals surface area contributed by atoms with Gasteiger partial charge in [0.15, 0.2) is 5.82 Å². The molecule has 80 valence electrons. The van der Waals surface area contributed by atoms with Crippen molar-refractivity contribution >= 4 is 11.7 Å². The number of aromatic nitrogens is 2. The zero-order chi connectivity index (χ0) is 10.8. The van der Waals surface area contributed by atoms with Crippen LogP contribution in [-0.2, 0) is 4.79 Å². The molecule has 0 radical (unpaired) electrons. The van der Waals surface area contributed by atoms with E-state index in [0.717, 1.165) is 0 Å². The van der Waals surface area contributed by atoms with Crippen molar-refractivity contribution in [2.45, 2.75) is 6.42 Å². The molecule has 1 unspecified atom stereocenters. The van der Waals surface area contributed by atoms with E-state index in [1.54, 1.807) is 4.90 Å². The highest BCUT2D eigenvalue weighted by Gasteiger charge is 2.28. The van der Waals surface area contributed by atoms with E-state index >= 15 is 0 Å². The average Bonchev–Trinajstić information content (AvgIpc) is 2.67. The van der Waals surface area contributed by atoms with E-state index in [4.69, 9.17) is 5.73 Å². The highest BCUT2D eigenvalue weighted by atomic mass is 16.1. The van der Waals surface area contributed by atoms with Gasteiger partial charge in [-0.1, -0.05) is 0 Å². The second kappa shape index (κ2) is 3.72. The Balaban J connectivity index is 2.18. The van der Waals surface area contributed by atoms with Crippen LogP contribution in [0, 0.1) is 5.92 Å². The monoisotopic (exact) mass is 208 g/mol. The third-order valence-corrected chi connectivity index (χ3v) is 2.58. The van der Waals surface area contributed by atoms with E-state index in [1.807, 2.05) is 0 Å². The van der Waals surface area contributed by atoms with E-state index in [2.05, 4.69) is 9.97 Å². The summed E-state index contributed by atoms with van der Waals surface area (Å²) in [6.45, 7) is 1.13. The number of aromatic amines is 1. The summed E-state index contributed by atoms with van der Waals surface area (Å²) in [6, 6.07) is 0. The van der Waals surface area contributed by atoms with E-state index < -0.39 is 0 Å². The van der Waals surface area contributed by atoms with E-state index in [-0.39, 0.29) is 17.4 Å². The van der Waals surface area contributed by atoms with Gasteiger partial charge in [0.25, 0.3) is 5.56 Å². The molecule has 3 N–H and O–H groups in total. The summed E-state index contributed by atoms with van der Waals surface area (Å²) in [5, 5.41) is 0. The summed E-state index contributed by atoms with van der Waals surface area (Å²) in [4.78, 5) is 30.7. The first-order valence-electron chi connectivity index (χ1n) is 4.76. The Morgan fingerprint density at radius 1 is 1.67 bits per heavy atom. The van der Waals surface area contributed by atoms with E-state index in [1.165, 1.54) is 12.4 Å². The number of nitrogens with one attached hydrogen (secondary N) is 1. The van der Waals surface area contributed by atoms with Crippen molar-refractivity contribution in [3.05, 3.63) is 22.7 Å². The van der Waals surface area contributed by atoms with Crippen molar-refractivity contribution in [3.63, 3.8) is 0 Å². The number of amides is 1. The maximum Gasteiger partial charge on any atom is 0.290 e. The largest absolute Gasteiger partial charge is 0.369 e. The van der Waals surface area contributed by atoms with Crippen LogP contribution in [0.15, 0.2) is 17.2 Å². The molecule has 15 heavy (non-hydrogen) atoms. The molecule has 1 saturated heterocycles. The number of anilines is 1. The zero-order valence-electron chi connectivity index (χ0n) is 8.14. The topological polar surface area (TPSA) is 92.1 Å². The van der Waals surface area contributed by atoms with Gasteiger partial charge in [0, 0.05) is 25.5 Å². The summed E-state index contributed by atoms with van der Waals surface area (Å²) in [7, 11) is 0. The van der Waals surface area contributed by atoms with Crippen molar-refractivity contribution in [1.82, 2.24) is 9.97 Å². The fourth-order valence-electron chi connectivity index (χ4n) is 1.75. The van der Waals surface area contributed by atoms with Crippen molar-refractivity contribution in [1.29, 1.82) is 0 Å². The van der Waals surface area contributed by atoms with Crippen LogP contribution in [0.3, 0.4) is 0 Å². The molecule has 1 atom stereocenters. The normalized spacial score (nSPS) is 20.5. The highest BCUT2D eigenvalue weighted by Crippen LogP contribution is 2.18. The molecule has 1 aromatic rings. The van der Waals surface area contributed by atoms with Crippen LogP contribution in [-0.4, -0.2) is 29.0 Å². The van der Waals surface area contributed by atoms with Crippen LogP contribution >= 0.6 is 0 Å². The molecule has 1 aromatic heterocycles. The van der Waals surface area contributed by atoms with Crippen molar-refractivity contribution < 1.29 is 4.79 Å². The van der Waals surface area contributed by atoms with Gasteiger partial charge >= 0.3 is 0 Å². The Morgan fingerprint density at radius 3 is 3.07 bits per heavy atom. The van der Waals surface area contributed by atoms with Crippen LogP contribution in [0.2, 0.25) is 0 Å². The minimum Gasteiger partial charge on any atom is -0.369 e. The smallest absolute Gasteiger partial charge is 0.290 e. The molecule has 1 amide bonds. The minimum absolute atomic E-state index is 0.175. The number of hydrogen-bond donors (Lipinski definition) is 2. The maximum atomic E-state index is 11.4. The third-order valence-electron chi connectivity index (χ3n) is 2.58. The molecule has 6 heteroatoms. The SMILES string of the molecule is NC(=O)C1CCN(c2ncc[nH]c2=O)C1. The molecule has 1 aliphatic rings. The lowest BCUT2D eigenvalue weighted by Gasteiger charge is -2.14. The van der Waals surface area contributed by atoms with Crippen LogP contribution in [0.5, 0.6) is 0 Å². The molecule has 1 fully saturated rings. The molecular weight excluding hydrogens is 196 g/mol. The molecule has 0 saturated carbocycles. The number of rotatable bonds is 2. The van der Waals surface area contributed by atoms with E-state index in [9.17, 15) is 9.59 Å². The number of hydrogen-bond acceptors (Lipinski definition) is 4. The maximum absolute atomic E-state index is 11.4. The van der Waals surface area contributed by atoms with Gasteiger partial charge in [-0.25, -0.2) is 4.98 Å². The summed E-state index contributed by atoms with van der Waals surface area (Å²) in [5.41, 5.74) is 4.97. The number of nitrogens with zero attached hydrogens (tertiary/aromatic N) is 2. The second-order valence-corrected chi connectivity index (χ2v) is 3.58. The fraction of sp³-hybridized carbons (Fsp3) is 0.444. The fourth-order valence-corrected chi connectivity index (χ4v) is 1.75. The van der Waals surface area contributed by atoms with Crippen LogP contribution in [0.25, 0.3) is 0 Å². The standard InChI is InChI=1S/C9H12N4O2/c10-7(14)6-1-4-13(5-6)8-9(15)12-3-2-11-8/h2-3,6H,1,4-5H2,(H2,10,14)(H,12,15). The zero-order valence-corrected chi connectivity index (χ0v) is 8.14. The first-order valence-corrected chi connectivity index (χ1v) is 4.76. The number of primary amides is 1. The summed E-state index contributed by atoms with van der Waals surface area (Å²) < 4.78 is 0. The van der Waals surface area contributed by atoms with Gasteiger partial charge in [-0.3, -0.25) is 9.59 Å². The van der Waals surface area contributed by atoms with Crippen molar-refractivity contribution in [3.8, 4) is 0 Å². The highest BCUT2D eigenvalue weighted by molar-refractivity contribution is 5.78. The van der Waals surface area contributed by atoms with Gasteiger partial charge in [-0.2, -0.15) is 0 Å². The van der Waals surface area contributed by atoms with Gasteiger partial charge in [-0.15, -0.1) is 0 Å². The molecular formula is C9H12N4O2. The third kappa shape index (κ3) is 1.83. The summed E-state index contributed by atoms with van der Waals surface area (Å²) in [6.07, 6.45) is 3.69. The molecule has 0 spiro atoms. The number of carbonyl (C=O) groups is 1. The lowest BCUT2D eigenvalue weighted by Crippen LogP contribution is -2.31. The summed E-state index contributed by atoms with van der Waals surface area (Å²) >= 11 is 0. The van der Waals surface area contributed by atoms with Gasteiger partial charge in [0.1, 0.15) is 0 Å². The Bertz CT molecular complexity index is 428. The molecule has 2 rings (SSSR count). The molecule has 0 aliphatic carbocycles. The first-order chi connectivity index (χ1) is 7.18. The van der Waals surface area contributed by atoms with Gasteiger partial charge in [0.2, 0.25) is 5.91 Å². The first kappa shape index (κ1) is 9.70. The van der Waals surface area contributed by atoms with Crippen LogP contribution in [0.1, 0.15) is 6.42 Å². The minimum atomic E-state index is -0.315. The van der Waals surface area contributed by atoms with E-state index in [0.29, 0.717) is 25.3 Å². The van der Waals surface area contributed by atoms with Crippen molar-refractivity contribution in [2.75, 3.05) is 18.0 Å². The van der Waals surface area contributed by atoms with Crippen LogP contribution < -0.4 is 16.2 Å². The number of nitrogens with two attached hydrogens (primary N) is 1. The second-order valence-electron chi connectivity index (χ2n) is 3.58. The number of H-pyrrole nitrogens is 1. The summed E-state index contributed by atoms with van der Waals surface area (Å²) in [5.74, 6) is -0.127. The van der Waals surface area contributed by atoms with Gasteiger partial charge in [-0.05, 0) is 6.42 Å². The molecule has 1 aliphatic heterocycles. The predicted molar refractivity (Wildman–Crippen MR) is 54.4 cm³/mol. The van der Waals surface area contributed by atoms with Gasteiger partial charge < -0.3 is 15.6 Å². The van der Waals surface area contributed by atoms with Crippen LogP contribution in [0.4, 0.5) is 5.82 Å². The lowest BCUT2D eigenvalue weighted by molar-refractivity contribution is -0.121.